The third-order valence-electron chi connectivity index (χ3n) is 6.39. The van der Waals surface area contributed by atoms with Crippen molar-refractivity contribution in [3.05, 3.63) is 23.3 Å². The quantitative estimate of drug-likeness (QED) is 0.656. The first kappa shape index (κ1) is 25.0. The molecule has 0 aromatic heterocycles. The number of piperidine rings is 1. The van der Waals surface area contributed by atoms with Gasteiger partial charge in [0.05, 0.1) is 5.69 Å². The zero-order chi connectivity index (χ0) is 24.3. The predicted molar refractivity (Wildman–Crippen MR) is 129 cm³/mol. The minimum Gasteiger partial charge on any atom is -0.476 e. The van der Waals surface area contributed by atoms with E-state index in [9.17, 15) is 14.4 Å². The number of nitrogens with zero attached hydrogens (tertiary/aromatic N) is 2. The van der Waals surface area contributed by atoms with Gasteiger partial charge in [-0.3, -0.25) is 14.4 Å². The van der Waals surface area contributed by atoms with Crippen LogP contribution >= 0.6 is 0 Å². The van der Waals surface area contributed by atoms with E-state index in [0.717, 1.165) is 31.5 Å². The number of hydrogen-bond donors (Lipinski definition) is 2. The Morgan fingerprint density at radius 2 is 2.06 bits per heavy atom. The lowest BCUT2D eigenvalue weighted by Crippen LogP contribution is -2.54. The average Bonchev–Trinajstić information content (AvgIpc) is 2.76. The van der Waals surface area contributed by atoms with Crippen molar-refractivity contribution in [1.82, 2.24) is 15.5 Å². The van der Waals surface area contributed by atoms with Crippen LogP contribution in [0.1, 0.15) is 69.8 Å². The molecule has 1 saturated heterocycles. The Kier molecular flexibility index (Phi) is 7.67. The van der Waals surface area contributed by atoms with Gasteiger partial charge in [0, 0.05) is 43.7 Å². The number of aryl methyl sites for hydroxylation is 1. The molecule has 0 radical (unpaired) electrons. The van der Waals surface area contributed by atoms with Crippen LogP contribution in [0.5, 0.6) is 5.75 Å². The Bertz CT molecular complexity index is 906. The lowest BCUT2D eigenvalue weighted by atomic mass is 9.97. The number of fused-ring (bicyclic) bond motifs is 1. The Balaban J connectivity index is 1.96. The largest absolute Gasteiger partial charge is 0.476 e. The van der Waals surface area contributed by atoms with Gasteiger partial charge in [-0.2, -0.15) is 0 Å². The van der Waals surface area contributed by atoms with Gasteiger partial charge in [0.25, 0.3) is 11.8 Å². The van der Waals surface area contributed by atoms with Gasteiger partial charge in [-0.25, -0.2) is 0 Å². The average molecular weight is 459 g/mol. The van der Waals surface area contributed by atoms with Gasteiger partial charge >= 0.3 is 0 Å². The lowest BCUT2D eigenvalue weighted by molar-refractivity contribution is -0.132. The smallest absolute Gasteiger partial charge is 0.270 e. The highest BCUT2D eigenvalue weighted by Crippen LogP contribution is 2.40. The van der Waals surface area contributed by atoms with E-state index in [-0.39, 0.29) is 29.8 Å². The Morgan fingerprint density at radius 1 is 1.33 bits per heavy atom. The normalized spacial score (nSPS) is 19.7. The summed E-state index contributed by atoms with van der Waals surface area (Å²) in [4.78, 5) is 42.2. The molecule has 1 atom stereocenters. The molecule has 3 amide bonds. The van der Waals surface area contributed by atoms with E-state index in [0.29, 0.717) is 36.5 Å². The summed E-state index contributed by atoms with van der Waals surface area (Å²) in [5.41, 5.74) is 0.936. The molecule has 0 aliphatic carbocycles. The first-order valence-electron chi connectivity index (χ1n) is 12.0. The van der Waals surface area contributed by atoms with E-state index >= 15 is 0 Å². The summed E-state index contributed by atoms with van der Waals surface area (Å²) >= 11 is 0. The Hall–Kier alpha value is -2.61. The third-order valence-corrected chi connectivity index (χ3v) is 6.39. The van der Waals surface area contributed by atoms with E-state index in [1.807, 2.05) is 31.7 Å². The molecule has 1 aromatic rings. The second kappa shape index (κ2) is 10.1. The third kappa shape index (κ3) is 5.32. The molecule has 2 aliphatic rings. The molecule has 0 bridgehead atoms. The van der Waals surface area contributed by atoms with Crippen molar-refractivity contribution >= 4 is 23.4 Å². The topological polar surface area (TPSA) is 91.0 Å². The van der Waals surface area contributed by atoms with E-state index in [1.54, 1.807) is 31.7 Å². The highest BCUT2D eigenvalue weighted by atomic mass is 16.5. The number of hydrogen-bond acceptors (Lipinski definition) is 5. The minimum atomic E-state index is -1.03. The number of amides is 3. The molecule has 2 aliphatic heterocycles. The van der Waals surface area contributed by atoms with Crippen LogP contribution in [0.4, 0.5) is 5.69 Å². The highest BCUT2D eigenvalue weighted by Gasteiger charge is 2.41. The van der Waals surface area contributed by atoms with Crippen molar-refractivity contribution in [3.8, 4) is 5.75 Å². The standard InChI is InChI=1S/C25H38N4O4/c1-7-22(30)27-11-12-28-20-14-19(17(4)13-21(20)33-25(5,6)24(28)32)23(31)29(16(2)3)18-9-8-10-26-15-18/h13-14,16,18,26H,7-12,15H2,1-6H3,(H,27,30)/t18-/m1/s1. The van der Waals surface area contributed by atoms with Crippen LogP contribution in [0, 0.1) is 6.92 Å². The Labute approximate surface area is 197 Å². The second-order valence-electron chi connectivity index (χ2n) is 9.71. The van der Waals surface area contributed by atoms with Crippen LogP contribution < -0.4 is 20.3 Å². The zero-order valence-corrected chi connectivity index (χ0v) is 20.8. The number of benzene rings is 1. The summed E-state index contributed by atoms with van der Waals surface area (Å²) in [6, 6.07) is 3.83. The summed E-state index contributed by atoms with van der Waals surface area (Å²) in [6.45, 7) is 13.6. The molecule has 1 fully saturated rings. The van der Waals surface area contributed by atoms with E-state index in [4.69, 9.17) is 4.74 Å². The number of nitrogens with one attached hydrogen (secondary N) is 2. The summed E-state index contributed by atoms with van der Waals surface area (Å²) in [5, 5.41) is 6.23. The maximum Gasteiger partial charge on any atom is 0.270 e. The minimum absolute atomic E-state index is 0.0319. The molecule has 3 rings (SSSR count). The van der Waals surface area contributed by atoms with Crippen LogP contribution in [0.25, 0.3) is 0 Å². The van der Waals surface area contributed by atoms with E-state index in [2.05, 4.69) is 10.6 Å². The van der Waals surface area contributed by atoms with Crippen molar-refractivity contribution in [2.75, 3.05) is 31.1 Å². The number of carbonyl (C=O) groups is 3. The summed E-state index contributed by atoms with van der Waals surface area (Å²) in [7, 11) is 0. The molecule has 0 spiro atoms. The van der Waals surface area contributed by atoms with Crippen LogP contribution in [0.3, 0.4) is 0 Å². The van der Waals surface area contributed by atoms with Crippen LogP contribution in [0.2, 0.25) is 0 Å². The molecule has 0 unspecified atom stereocenters. The zero-order valence-electron chi connectivity index (χ0n) is 20.8. The van der Waals surface area contributed by atoms with Crippen LogP contribution in [-0.4, -0.2) is 66.5 Å². The molecule has 2 heterocycles. The van der Waals surface area contributed by atoms with Gasteiger partial charge in [0.1, 0.15) is 5.75 Å². The fraction of sp³-hybridized carbons (Fsp3) is 0.640. The van der Waals surface area contributed by atoms with Crippen LogP contribution in [0.15, 0.2) is 12.1 Å². The molecule has 182 valence electrons. The molecular formula is C25H38N4O4. The fourth-order valence-electron chi connectivity index (χ4n) is 4.63. The Morgan fingerprint density at radius 3 is 2.67 bits per heavy atom. The first-order valence-corrected chi connectivity index (χ1v) is 12.0. The highest BCUT2D eigenvalue weighted by molar-refractivity contribution is 6.05. The van der Waals surface area contributed by atoms with Gasteiger partial charge in [-0.05, 0) is 71.7 Å². The molecular weight excluding hydrogens is 420 g/mol. The lowest BCUT2D eigenvalue weighted by Gasteiger charge is -2.40. The van der Waals surface area contributed by atoms with E-state index in [1.165, 1.54) is 0 Å². The summed E-state index contributed by atoms with van der Waals surface area (Å²) in [6.07, 6.45) is 2.40. The molecule has 8 heteroatoms. The monoisotopic (exact) mass is 458 g/mol. The number of rotatable bonds is 7. The van der Waals surface area contributed by atoms with E-state index < -0.39 is 5.60 Å². The first-order chi connectivity index (χ1) is 15.6. The van der Waals surface area contributed by atoms with Gasteiger partial charge in [0.15, 0.2) is 5.60 Å². The number of carbonyl (C=O) groups excluding carboxylic acids is 3. The molecule has 0 saturated carbocycles. The van der Waals surface area contributed by atoms with Gasteiger partial charge < -0.3 is 25.2 Å². The molecule has 2 N–H and O–H groups in total. The van der Waals surface area contributed by atoms with Crippen LogP contribution in [-0.2, 0) is 9.59 Å². The maximum absolute atomic E-state index is 13.7. The van der Waals surface area contributed by atoms with Gasteiger partial charge in [-0.1, -0.05) is 6.92 Å². The fourth-order valence-corrected chi connectivity index (χ4v) is 4.63. The number of ether oxygens (including phenoxy) is 1. The van der Waals surface area contributed by atoms with Crippen molar-refractivity contribution in [2.24, 2.45) is 0 Å². The predicted octanol–water partition coefficient (Wildman–Crippen LogP) is 2.63. The van der Waals surface area contributed by atoms with Crippen molar-refractivity contribution in [3.63, 3.8) is 0 Å². The van der Waals surface area contributed by atoms with Crippen molar-refractivity contribution in [2.45, 2.75) is 78.5 Å². The molecule has 1 aromatic carbocycles. The van der Waals surface area contributed by atoms with Crippen molar-refractivity contribution in [1.29, 1.82) is 0 Å². The van der Waals surface area contributed by atoms with Gasteiger partial charge in [0.2, 0.25) is 5.91 Å². The molecule has 8 nitrogen and oxygen atoms in total. The van der Waals surface area contributed by atoms with Gasteiger partial charge in [-0.15, -0.1) is 0 Å². The summed E-state index contributed by atoms with van der Waals surface area (Å²) < 4.78 is 6.04. The maximum atomic E-state index is 13.7. The van der Waals surface area contributed by atoms with Crippen molar-refractivity contribution < 1.29 is 19.1 Å². The number of anilines is 1. The second-order valence-corrected chi connectivity index (χ2v) is 9.71. The molecule has 33 heavy (non-hydrogen) atoms. The summed E-state index contributed by atoms with van der Waals surface area (Å²) in [5.74, 6) is 0.283. The SMILES string of the molecule is CCC(=O)NCCN1C(=O)C(C)(C)Oc2cc(C)c(C(=O)N(C(C)C)[C@@H]3CCCNC3)cc21.